The van der Waals surface area contributed by atoms with Crippen LogP contribution in [0.15, 0.2) is 54.6 Å². The van der Waals surface area contributed by atoms with Crippen molar-refractivity contribution >= 4 is 28.9 Å². The molecule has 156 valence electrons. The number of alkyl halides is 3. The Morgan fingerprint density at radius 1 is 0.933 bits per heavy atom. The number of amides is 1. The van der Waals surface area contributed by atoms with Gasteiger partial charge in [0.05, 0.1) is 6.61 Å². The molecule has 8 heteroatoms. The van der Waals surface area contributed by atoms with Crippen LogP contribution in [0.3, 0.4) is 0 Å². The summed E-state index contributed by atoms with van der Waals surface area (Å²) in [5.41, 5.74) is 1.91. The lowest BCUT2D eigenvalue weighted by Crippen LogP contribution is -2.29. The first-order valence-corrected chi connectivity index (χ1v) is 9.25. The predicted molar refractivity (Wildman–Crippen MR) is 104 cm³/mol. The summed E-state index contributed by atoms with van der Waals surface area (Å²) in [6.07, 6.45) is -1.63. The van der Waals surface area contributed by atoms with Crippen molar-refractivity contribution in [1.82, 2.24) is 0 Å². The molecule has 0 saturated carbocycles. The topological polar surface area (TPSA) is 72.5 Å². The summed E-state index contributed by atoms with van der Waals surface area (Å²) in [5, 5.41) is 1.79. The largest absolute Gasteiger partial charge is 0.493 e. The van der Waals surface area contributed by atoms with Gasteiger partial charge in [-0.15, -0.1) is 0 Å². The number of rotatable bonds is 7. The average molecular weight is 417 g/mol. The Kier molecular flexibility index (Phi) is 6.34. The molecule has 1 aliphatic carbocycles. The number of aryl methyl sites for hydroxylation is 1. The molecule has 0 bridgehead atoms. The number of unbranched alkanes of at least 4 members (excludes halogenated alkanes) is 1. The molecular weight excluding hydrogens is 399 g/mol. The monoisotopic (exact) mass is 417 g/mol. The molecule has 3 rings (SSSR count). The number of Topliss-reactive ketones (excluding diaryl/α,β-unsaturated/α-hetero) is 1. The van der Waals surface area contributed by atoms with Gasteiger partial charge in [0.2, 0.25) is 11.6 Å². The highest BCUT2D eigenvalue weighted by atomic mass is 19.4. The molecule has 30 heavy (non-hydrogen) atoms. The average Bonchev–Trinajstić information content (AvgIpc) is 2.72. The Labute approximate surface area is 170 Å². The number of ether oxygens (including phenoxy) is 1. The third kappa shape index (κ3) is 5.14. The number of carbonyl (C=O) groups excluding carboxylic acids is 3. The van der Waals surface area contributed by atoms with E-state index in [-0.39, 0.29) is 5.69 Å². The fourth-order valence-corrected chi connectivity index (χ4v) is 2.98. The number of ketones is 2. The molecule has 0 fully saturated rings. The number of nitrogens with one attached hydrogen (secondary N) is 1. The Bertz CT molecular complexity index is 994. The minimum Gasteiger partial charge on any atom is -0.493 e. The number of hydrogen-bond acceptors (Lipinski definition) is 4. The van der Waals surface area contributed by atoms with Crippen LogP contribution in [0.2, 0.25) is 0 Å². The van der Waals surface area contributed by atoms with Gasteiger partial charge in [-0.2, -0.15) is 13.2 Å². The minimum absolute atomic E-state index is 0.0755. The molecule has 0 spiro atoms. The highest BCUT2D eigenvalue weighted by Gasteiger charge is 2.38. The highest BCUT2D eigenvalue weighted by molar-refractivity contribution is 6.50. The van der Waals surface area contributed by atoms with Gasteiger partial charge in [0, 0.05) is 22.9 Å². The van der Waals surface area contributed by atoms with Crippen molar-refractivity contribution in [3.05, 3.63) is 71.3 Å². The van der Waals surface area contributed by atoms with Crippen molar-refractivity contribution in [3.63, 3.8) is 0 Å². The van der Waals surface area contributed by atoms with E-state index in [2.05, 4.69) is 0 Å². The lowest BCUT2D eigenvalue weighted by atomic mass is 9.94. The van der Waals surface area contributed by atoms with Crippen molar-refractivity contribution in [2.45, 2.75) is 25.4 Å². The number of anilines is 1. The van der Waals surface area contributed by atoms with Crippen molar-refractivity contribution in [3.8, 4) is 0 Å². The molecule has 0 unspecified atom stereocenters. The fourth-order valence-electron chi connectivity index (χ4n) is 2.98. The molecule has 0 atom stereocenters. The van der Waals surface area contributed by atoms with Gasteiger partial charge in [-0.05, 0) is 37.0 Å². The summed E-state index contributed by atoms with van der Waals surface area (Å²) in [7, 11) is 0. The summed E-state index contributed by atoms with van der Waals surface area (Å²) >= 11 is 0. The number of benzene rings is 2. The van der Waals surface area contributed by atoms with Crippen LogP contribution in [0.5, 0.6) is 0 Å². The summed E-state index contributed by atoms with van der Waals surface area (Å²) in [4.78, 5) is 34.6. The first kappa shape index (κ1) is 21.3. The van der Waals surface area contributed by atoms with Crippen molar-refractivity contribution in [2.24, 2.45) is 0 Å². The van der Waals surface area contributed by atoms with E-state index in [9.17, 15) is 27.6 Å². The van der Waals surface area contributed by atoms with E-state index in [1.807, 2.05) is 0 Å². The molecule has 1 amide bonds. The second-order valence-electron chi connectivity index (χ2n) is 6.70. The first-order chi connectivity index (χ1) is 14.3. The van der Waals surface area contributed by atoms with Crippen molar-refractivity contribution < 1.29 is 32.3 Å². The van der Waals surface area contributed by atoms with Gasteiger partial charge < -0.3 is 10.1 Å². The summed E-state index contributed by atoms with van der Waals surface area (Å²) in [5.74, 6) is -2.79. The SMILES string of the molecule is O=C1C=C(OCCCCc2ccc(NC(=O)C(F)(F)F)cc2)c2ccccc2C1=O. The van der Waals surface area contributed by atoms with Crippen LogP contribution in [0.1, 0.15) is 34.3 Å². The third-order valence-electron chi connectivity index (χ3n) is 4.51. The van der Waals surface area contributed by atoms with Gasteiger partial charge in [0.15, 0.2) is 0 Å². The molecule has 0 radical (unpaired) electrons. The standard InChI is InChI=1S/C22H18F3NO4/c23-22(24,25)21(29)26-15-10-8-14(9-11-15)5-3-4-12-30-19-13-18(27)20(28)17-7-2-1-6-16(17)19/h1-2,6-11,13H,3-5,12H2,(H,26,29). The normalized spacial score (nSPS) is 13.5. The second kappa shape index (κ2) is 8.94. The van der Waals surface area contributed by atoms with Gasteiger partial charge in [-0.25, -0.2) is 0 Å². The van der Waals surface area contributed by atoms with E-state index in [4.69, 9.17) is 4.74 Å². The third-order valence-corrected chi connectivity index (χ3v) is 4.51. The molecule has 0 aliphatic heterocycles. The van der Waals surface area contributed by atoms with Crippen LogP contribution in [-0.2, 0) is 20.7 Å². The molecule has 2 aromatic carbocycles. The maximum absolute atomic E-state index is 12.2. The van der Waals surface area contributed by atoms with Gasteiger partial charge in [-0.1, -0.05) is 36.4 Å². The Morgan fingerprint density at radius 3 is 2.27 bits per heavy atom. The zero-order valence-electron chi connectivity index (χ0n) is 15.8. The van der Waals surface area contributed by atoms with Crippen LogP contribution in [0, 0.1) is 0 Å². The van der Waals surface area contributed by atoms with Crippen LogP contribution in [0.4, 0.5) is 18.9 Å². The molecule has 1 aliphatic rings. The van der Waals surface area contributed by atoms with E-state index in [1.165, 1.54) is 18.2 Å². The van der Waals surface area contributed by atoms with E-state index in [1.54, 1.807) is 41.7 Å². The molecule has 1 N–H and O–H groups in total. The smallest absolute Gasteiger partial charge is 0.471 e. The van der Waals surface area contributed by atoms with E-state index < -0.39 is 23.6 Å². The van der Waals surface area contributed by atoms with Crippen LogP contribution < -0.4 is 5.32 Å². The molecular formula is C22H18F3NO4. The molecule has 5 nitrogen and oxygen atoms in total. The first-order valence-electron chi connectivity index (χ1n) is 9.25. The van der Waals surface area contributed by atoms with Crippen molar-refractivity contribution in [2.75, 3.05) is 11.9 Å². The predicted octanol–water partition coefficient (Wildman–Crippen LogP) is 4.33. The Hall–Kier alpha value is -3.42. The molecule has 0 heterocycles. The van der Waals surface area contributed by atoms with Gasteiger partial charge in [0.25, 0.3) is 0 Å². The number of carbonyl (C=O) groups is 3. The fraction of sp³-hybridized carbons (Fsp3) is 0.227. The number of hydrogen-bond donors (Lipinski definition) is 1. The lowest BCUT2D eigenvalue weighted by molar-refractivity contribution is -0.167. The maximum atomic E-state index is 12.2. The summed E-state index contributed by atoms with van der Waals surface area (Å²) in [6.45, 7) is 0.349. The Morgan fingerprint density at radius 2 is 1.60 bits per heavy atom. The summed E-state index contributed by atoms with van der Waals surface area (Å²) < 4.78 is 42.4. The maximum Gasteiger partial charge on any atom is 0.471 e. The second-order valence-corrected chi connectivity index (χ2v) is 6.70. The van der Waals surface area contributed by atoms with Crippen LogP contribution in [0.25, 0.3) is 5.76 Å². The number of halogens is 3. The number of fused-ring (bicyclic) bond motifs is 1. The lowest BCUT2D eigenvalue weighted by Gasteiger charge is -2.16. The molecule has 0 aromatic heterocycles. The van der Waals surface area contributed by atoms with Gasteiger partial charge in [-0.3, -0.25) is 14.4 Å². The zero-order valence-corrected chi connectivity index (χ0v) is 15.8. The molecule has 0 saturated heterocycles. The molecule has 2 aromatic rings. The van der Waals surface area contributed by atoms with Gasteiger partial charge in [0.1, 0.15) is 5.76 Å². The van der Waals surface area contributed by atoms with Crippen LogP contribution in [-0.4, -0.2) is 30.3 Å². The number of allylic oxidation sites excluding steroid dienone is 1. The van der Waals surface area contributed by atoms with Gasteiger partial charge >= 0.3 is 12.1 Å². The quantitative estimate of drug-likeness (QED) is 0.538. The minimum atomic E-state index is -4.93. The van der Waals surface area contributed by atoms with Crippen LogP contribution >= 0.6 is 0 Å². The highest BCUT2D eigenvalue weighted by Crippen LogP contribution is 2.26. The van der Waals surface area contributed by atoms with E-state index >= 15 is 0 Å². The Balaban J connectivity index is 1.46. The van der Waals surface area contributed by atoms with Crippen molar-refractivity contribution in [1.29, 1.82) is 0 Å². The van der Waals surface area contributed by atoms with E-state index in [0.29, 0.717) is 36.3 Å². The van der Waals surface area contributed by atoms with E-state index in [0.717, 1.165) is 12.0 Å². The zero-order chi connectivity index (χ0) is 21.7. The summed E-state index contributed by atoms with van der Waals surface area (Å²) in [6, 6.07) is 12.9.